The molecule has 1 aliphatic rings. The number of hydrogen-bond acceptors (Lipinski definition) is 2. The monoisotopic (exact) mass is 566 g/mol. The van der Waals surface area contributed by atoms with Crippen LogP contribution in [0.2, 0.25) is 0 Å². The molecule has 0 spiro atoms. The Hall–Kier alpha value is -5.60. The van der Waals surface area contributed by atoms with Crippen molar-refractivity contribution >= 4 is 10.8 Å². The normalized spacial score (nSPS) is 11.4. The van der Waals surface area contributed by atoms with Crippen molar-refractivity contribution in [1.29, 1.82) is 0 Å². The van der Waals surface area contributed by atoms with Crippen LogP contribution in [0.5, 0.6) is 11.5 Å². The first-order chi connectivity index (χ1) is 21.8. The predicted molar refractivity (Wildman–Crippen MR) is 183 cm³/mol. The third-order valence-corrected chi connectivity index (χ3v) is 8.83. The minimum Gasteiger partial charge on any atom is -0.497 e. The van der Waals surface area contributed by atoms with E-state index in [4.69, 9.17) is 9.47 Å². The smallest absolute Gasteiger partial charge is 0.118 e. The molecule has 0 aliphatic heterocycles. The standard InChI is InChI=1S/C42H30O2/c1-43-32-23-19-30(20-24-32)37-38(31-21-25-33(44-2)26-22-31)40(29-13-7-4-8-14-29)42-35-18-10-16-27-15-9-17-34(36(27)35)41(42)39(37)28-11-5-3-6-12-28/h3-26H,1-2H3. The first-order valence-corrected chi connectivity index (χ1v) is 14.9. The molecule has 0 amide bonds. The highest BCUT2D eigenvalue weighted by atomic mass is 16.5. The molecule has 0 unspecified atom stereocenters. The Kier molecular flexibility index (Phi) is 6.27. The van der Waals surface area contributed by atoms with E-state index < -0.39 is 0 Å². The van der Waals surface area contributed by atoms with E-state index in [9.17, 15) is 0 Å². The van der Waals surface area contributed by atoms with Gasteiger partial charge in [-0.2, -0.15) is 0 Å². The zero-order valence-electron chi connectivity index (χ0n) is 24.7. The van der Waals surface area contributed by atoms with E-state index in [0.29, 0.717) is 0 Å². The highest BCUT2D eigenvalue weighted by Gasteiger charge is 2.33. The van der Waals surface area contributed by atoms with Crippen LogP contribution in [0.1, 0.15) is 0 Å². The van der Waals surface area contributed by atoms with Gasteiger partial charge < -0.3 is 9.47 Å². The van der Waals surface area contributed by atoms with Gasteiger partial charge in [-0.15, -0.1) is 0 Å². The second-order valence-electron chi connectivity index (χ2n) is 11.1. The van der Waals surface area contributed by atoms with Gasteiger partial charge in [0.15, 0.2) is 0 Å². The average molecular weight is 567 g/mol. The molecule has 7 aromatic carbocycles. The highest BCUT2D eigenvalue weighted by molar-refractivity contribution is 6.25. The van der Waals surface area contributed by atoms with Gasteiger partial charge in [0, 0.05) is 0 Å². The van der Waals surface area contributed by atoms with E-state index in [-0.39, 0.29) is 0 Å². The summed E-state index contributed by atoms with van der Waals surface area (Å²) in [6, 6.07) is 52.2. The van der Waals surface area contributed by atoms with Gasteiger partial charge in [-0.3, -0.25) is 0 Å². The van der Waals surface area contributed by atoms with Crippen LogP contribution < -0.4 is 9.47 Å². The number of ether oxygens (including phenoxy) is 2. The lowest BCUT2D eigenvalue weighted by atomic mass is 9.76. The van der Waals surface area contributed by atoms with Gasteiger partial charge in [0.05, 0.1) is 14.2 Å². The predicted octanol–water partition coefficient (Wildman–Crippen LogP) is 11.2. The lowest BCUT2D eigenvalue weighted by Crippen LogP contribution is -1.99. The van der Waals surface area contributed by atoms with Crippen LogP contribution in [0.25, 0.3) is 77.5 Å². The van der Waals surface area contributed by atoms with Crippen molar-refractivity contribution < 1.29 is 9.47 Å². The molecule has 2 nitrogen and oxygen atoms in total. The van der Waals surface area contributed by atoms with Gasteiger partial charge in [-0.05, 0) is 102 Å². The van der Waals surface area contributed by atoms with Crippen molar-refractivity contribution in [2.75, 3.05) is 14.2 Å². The molecule has 0 atom stereocenters. The second-order valence-corrected chi connectivity index (χ2v) is 11.1. The lowest BCUT2D eigenvalue weighted by Gasteiger charge is -2.26. The number of rotatable bonds is 6. The van der Waals surface area contributed by atoms with Crippen LogP contribution in [0.15, 0.2) is 146 Å². The zero-order valence-corrected chi connectivity index (χ0v) is 24.7. The molecule has 0 heterocycles. The Morgan fingerprint density at radius 3 is 1.07 bits per heavy atom. The fourth-order valence-electron chi connectivity index (χ4n) is 6.93. The molecule has 0 saturated carbocycles. The highest BCUT2D eigenvalue weighted by Crippen LogP contribution is 2.60. The third-order valence-electron chi connectivity index (χ3n) is 8.83. The zero-order chi connectivity index (χ0) is 29.6. The number of fused-ring (bicyclic) bond motifs is 3. The number of benzene rings is 7. The number of methoxy groups -OCH3 is 2. The molecule has 0 bridgehead atoms. The maximum absolute atomic E-state index is 5.59. The van der Waals surface area contributed by atoms with Crippen LogP contribution in [0.4, 0.5) is 0 Å². The summed E-state index contributed by atoms with van der Waals surface area (Å²) in [6.45, 7) is 0. The molecule has 0 N–H and O–H groups in total. The van der Waals surface area contributed by atoms with Crippen LogP contribution in [-0.4, -0.2) is 14.2 Å². The van der Waals surface area contributed by atoms with Crippen LogP contribution in [-0.2, 0) is 0 Å². The van der Waals surface area contributed by atoms with Crippen molar-refractivity contribution in [1.82, 2.24) is 0 Å². The quantitative estimate of drug-likeness (QED) is 0.199. The van der Waals surface area contributed by atoms with E-state index in [1.165, 1.54) is 66.4 Å². The Labute approximate surface area is 257 Å². The Morgan fingerprint density at radius 2 is 0.682 bits per heavy atom. The first-order valence-electron chi connectivity index (χ1n) is 14.9. The van der Waals surface area contributed by atoms with Gasteiger partial charge in [-0.1, -0.05) is 121 Å². The fourth-order valence-corrected chi connectivity index (χ4v) is 6.93. The SMILES string of the molecule is COc1ccc(-c2c(-c3ccc(OC)cc3)c(-c3ccccc3)c3c(c2-c2ccccc2)-c2cccc4cccc-3c24)cc1. The Balaban J connectivity index is 1.64. The third kappa shape index (κ3) is 4.03. The Morgan fingerprint density at radius 1 is 0.318 bits per heavy atom. The lowest BCUT2D eigenvalue weighted by molar-refractivity contribution is 0.414. The van der Waals surface area contributed by atoms with Crippen molar-refractivity contribution in [3.63, 3.8) is 0 Å². The summed E-state index contributed by atoms with van der Waals surface area (Å²) in [5, 5.41) is 2.57. The molecular formula is C42H30O2. The van der Waals surface area contributed by atoms with Gasteiger partial charge in [0.1, 0.15) is 11.5 Å². The average Bonchev–Trinajstić information content (AvgIpc) is 3.43. The molecule has 210 valence electrons. The molecule has 0 fully saturated rings. The summed E-state index contributed by atoms with van der Waals surface area (Å²) in [6.07, 6.45) is 0. The fraction of sp³-hybridized carbons (Fsp3) is 0.0476. The van der Waals surface area contributed by atoms with Crippen LogP contribution in [0.3, 0.4) is 0 Å². The molecule has 44 heavy (non-hydrogen) atoms. The minimum atomic E-state index is 0.836. The van der Waals surface area contributed by atoms with Gasteiger partial charge >= 0.3 is 0 Å². The molecule has 0 aromatic heterocycles. The van der Waals surface area contributed by atoms with Crippen molar-refractivity contribution in [3.05, 3.63) is 146 Å². The van der Waals surface area contributed by atoms with Crippen molar-refractivity contribution in [3.8, 4) is 78.3 Å². The second kappa shape index (κ2) is 10.6. The topological polar surface area (TPSA) is 18.5 Å². The van der Waals surface area contributed by atoms with E-state index in [2.05, 4.69) is 146 Å². The van der Waals surface area contributed by atoms with E-state index >= 15 is 0 Å². The van der Waals surface area contributed by atoms with Gasteiger partial charge in [0.25, 0.3) is 0 Å². The molecule has 8 rings (SSSR count). The van der Waals surface area contributed by atoms with E-state index in [1.54, 1.807) is 14.2 Å². The molecule has 7 aromatic rings. The van der Waals surface area contributed by atoms with Crippen LogP contribution >= 0.6 is 0 Å². The van der Waals surface area contributed by atoms with E-state index in [1.807, 2.05) is 0 Å². The van der Waals surface area contributed by atoms with Crippen molar-refractivity contribution in [2.24, 2.45) is 0 Å². The summed E-state index contributed by atoms with van der Waals surface area (Å²) in [7, 11) is 3.43. The maximum atomic E-state index is 5.59. The molecular weight excluding hydrogens is 536 g/mol. The first kappa shape index (κ1) is 26.1. The summed E-state index contributed by atoms with van der Waals surface area (Å²) in [5.41, 5.74) is 14.6. The van der Waals surface area contributed by atoms with E-state index in [0.717, 1.165) is 22.6 Å². The molecule has 0 saturated heterocycles. The van der Waals surface area contributed by atoms with Gasteiger partial charge in [-0.25, -0.2) is 0 Å². The van der Waals surface area contributed by atoms with Crippen LogP contribution in [0, 0.1) is 0 Å². The summed E-state index contributed by atoms with van der Waals surface area (Å²) in [4.78, 5) is 0. The summed E-state index contributed by atoms with van der Waals surface area (Å²) in [5.74, 6) is 1.67. The molecule has 1 aliphatic carbocycles. The van der Waals surface area contributed by atoms with Crippen molar-refractivity contribution in [2.45, 2.75) is 0 Å². The number of hydrogen-bond donors (Lipinski definition) is 0. The minimum absolute atomic E-state index is 0.836. The summed E-state index contributed by atoms with van der Waals surface area (Å²) >= 11 is 0. The summed E-state index contributed by atoms with van der Waals surface area (Å²) < 4.78 is 11.2. The Bertz CT molecular complexity index is 1990. The van der Waals surface area contributed by atoms with Gasteiger partial charge in [0.2, 0.25) is 0 Å². The molecule has 0 radical (unpaired) electrons. The maximum Gasteiger partial charge on any atom is 0.118 e. The molecule has 2 heteroatoms. The largest absolute Gasteiger partial charge is 0.497 e.